The first-order valence-corrected chi connectivity index (χ1v) is 8.32. The van der Waals surface area contributed by atoms with Gasteiger partial charge in [0.1, 0.15) is 5.60 Å². The molecular formula is C21H27NO3. The lowest BCUT2D eigenvalue weighted by molar-refractivity contribution is -0.161. The van der Waals surface area contributed by atoms with Crippen molar-refractivity contribution in [3.63, 3.8) is 0 Å². The average molecular weight is 341 g/mol. The lowest BCUT2D eigenvalue weighted by atomic mass is 9.80. The van der Waals surface area contributed by atoms with Gasteiger partial charge in [-0.25, -0.2) is 4.79 Å². The predicted molar refractivity (Wildman–Crippen MR) is 97.6 cm³/mol. The van der Waals surface area contributed by atoms with Gasteiger partial charge in [-0.15, -0.1) is 0 Å². The van der Waals surface area contributed by atoms with E-state index >= 15 is 0 Å². The summed E-state index contributed by atoms with van der Waals surface area (Å²) in [5, 5.41) is 9.81. The molecule has 25 heavy (non-hydrogen) atoms. The molecule has 0 unspecified atom stereocenters. The van der Waals surface area contributed by atoms with E-state index in [1.54, 1.807) is 41.5 Å². The molecule has 0 fully saturated rings. The van der Waals surface area contributed by atoms with Crippen LogP contribution in [0.25, 0.3) is 0 Å². The smallest absolute Gasteiger partial charge is 0.331 e. The van der Waals surface area contributed by atoms with Crippen LogP contribution in [0.15, 0.2) is 42.5 Å². The van der Waals surface area contributed by atoms with E-state index in [9.17, 15) is 14.9 Å². The molecule has 0 aliphatic heterocycles. The first kappa shape index (κ1) is 20.6. The maximum atomic E-state index is 12.8. The van der Waals surface area contributed by atoms with Crippen molar-refractivity contribution in [2.45, 2.75) is 53.6 Å². The zero-order valence-electron chi connectivity index (χ0n) is 15.9. The van der Waals surface area contributed by atoms with E-state index in [0.29, 0.717) is 0 Å². The lowest BCUT2D eigenvalue weighted by Crippen LogP contribution is -2.37. The van der Waals surface area contributed by atoms with E-state index < -0.39 is 22.4 Å². The number of ketones is 1. The van der Waals surface area contributed by atoms with Crippen LogP contribution in [0.3, 0.4) is 0 Å². The number of allylic oxidation sites excluding steroid dienone is 1. The Kier molecular flexibility index (Phi) is 6.31. The van der Waals surface area contributed by atoms with Crippen LogP contribution in [0.1, 0.15) is 47.1 Å². The first-order valence-electron chi connectivity index (χ1n) is 8.32. The number of carbonyl (C=O) groups is 2. The van der Waals surface area contributed by atoms with E-state index in [2.05, 4.69) is 6.07 Å². The van der Waals surface area contributed by atoms with Crippen molar-refractivity contribution in [3.05, 3.63) is 48.0 Å². The molecule has 134 valence electrons. The van der Waals surface area contributed by atoms with Crippen molar-refractivity contribution in [3.8, 4) is 6.07 Å². The van der Waals surface area contributed by atoms with Gasteiger partial charge in [-0.05, 0) is 38.5 Å². The molecule has 0 heterocycles. The Morgan fingerprint density at radius 3 is 2.08 bits per heavy atom. The molecule has 1 atom stereocenters. The SMILES string of the molecule is CC(C)(C)OC(=O)[C@](C#N)(/C=C\C(=O)C(C)(C)C)Cc1ccccc1. The average Bonchev–Trinajstić information content (AvgIpc) is 2.49. The number of carbonyl (C=O) groups excluding carboxylic acids is 2. The first-order chi connectivity index (χ1) is 11.4. The Bertz CT molecular complexity index is 685. The molecule has 0 saturated heterocycles. The van der Waals surface area contributed by atoms with E-state index in [1.165, 1.54) is 12.2 Å². The number of hydrogen-bond acceptors (Lipinski definition) is 4. The Morgan fingerprint density at radius 2 is 1.64 bits per heavy atom. The predicted octanol–water partition coefficient (Wildman–Crippen LogP) is 4.25. The highest BCUT2D eigenvalue weighted by atomic mass is 16.6. The second kappa shape index (κ2) is 7.65. The third kappa shape index (κ3) is 6.19. The van der Waals surface area contributed by atoms with Crippen LogP contribution >= 0.6 is 0 Å². The molecule has 0 N–H and O–H groups in total. The molecule has 0 aliphatic rings. The summed E-state index contributed by atoms with van der Waals surface area (Å²) in [5.74, 6) is -0.798. The number of benzene rings is 1. The van der Waals surface area contributed by atoms with E-state index in [1.807, 2.05) is 30.3 Å². The fourth-order valence-electron chi connectivity index (χ4n) is 2.08. The van der Waals surface area contributed by atoms with Gasteiger partial charge in [0.15, 0.2) is 11.2 Å². The number of esters is 1. The fraction of sp³-hybridized carbons (Fsp3) is 0.476. The van der Waals surface area contributed by atoms with E-state index in [-0.39, 0.29) is 12.2 Å². The Hall–Kier alpha value is -2.41. The Labute approximate surface area is 150 Å². The number of rotatable bonds is 5. The fourth-order valence-corrected chi connectivity index (χ4v) is 2.08. The lowest BCUT2D eigenvalue weighted by Gasteiger charge is -2.27. The Balaban J connectivity index is 3.28. The van der Waals surface area contributed by atoms with Gasteiger partial charge >= 0.3 is 5.97 Å². The zero-order chi connectivity index (χ0) is 19.3. The normalized spacial score (nSPS) is 14.6. The molecule has 0 saturated carbocycles. The van der Waals surface area contributed by atoms with Gasteiger partial charge < -0.3 is 4.74 Å². The molecular weight excluding hydrogens is 314 g/mol. The molecule has 1 rings (SSSR count). The van der Waals surface area contributed by atoms with Gasteiger partial charge in [0.2, 0.25) is 0 Å². The van der Waals surface area contributed by atoms with Crippen molar-refractivity contribution >= 4 is 11.8 Å². The van der Waals surface area contributed by atoms with Crippen molar-refractivity contribution in [1.29, 1.82) is 5.26 Å². The second-order valence-electron chi connectivity index (χ2n) is 8.20. The van der Waals surface area contributed by atoms with Crippen LogP contribution in [0.2, 0.25) is 0 Å². The van der Waals surface area contributed by atoms with Gasteiger partial charge in [0.25, 0.3) is 0 Å². The molecule has 1 aromatic carbocycles. The summed E-state index contributed by atoms with van der Waals surface area (Å²) in [6.07, 6.45) is 2.87. The van der Waals surface area contributed by atoms with Crippen LogP contribution in [-0.2, 0) is 20.7 Å². The molecule has 0 radical (unpaired) electrons. The number of ether oxygens (including phenoxy) is 1. The standard InChI is InChI=1S/C21H27NO3/c1-19(2,3)17(23)12-13-21(15-22,18(24)25-20(4,5)6)14-16-10-8-7-9-11-16/h7-13H,14H2,1-6H3/b13-12-/t21-/m1/s1. The van der Waals surface area contributed by atoms with Crippen molar-refractivity contribution in [1.82, 2.24) is 0 Å². The summed E-state index contributed by atoms with van der Waals surface area (Å²) >= 11 is 0. The summed E-state index contributed by atoms with van der Waals surface area (Å²) in [4.78, 5) is 25.0. The topological polar surface area (TPSA) is 67.2 Å². The third-order valence-corrected chi connectivity index (χ3v) is 3.55. The van der Waals surface area contributed by atoms with Crippen molar-refractivity contribution in [2.75, 3.05) is 0 Å². The highest BCUT2D eigenvalue weighted by Crippen LogP contribution is 2.29. The van der Waals surface area contributed by atoms with E-state index in [4.69, 9.17) is 4.74 Å². The zero-order valence-corrected chi connectivity index (χ0v) is 15.9. The van der Waals surface area contributed by atoms with Crippen LogP contribution < -0.4 is 0 Å². The van der Waals surface area contributed by atoms with Gasteiger partial charge in [0, 0.05) is 11.8 Å². The maximum absolute atomic E-state index is 12.8. The molecule has 1 aromatic rings. The molecule has 0 aromatic heterocycles. The Morgan fingerprint density at radius 1 is 1.08 bits per heavy atom. The monoisotopic (exact) mass is 341 g/mol. The third-order valence-electron chi connectivity index (χ3n) is 3.55. The largest absolute Gasteiger partial charge is 0.459 e. The number of hydrogen-bond donors (Lipinski definition) is 0. The highest BCUT2D eigenvalue weighted by molar-refractivity contribution is 5.95. The van der Waals surface area contributed by atoms with Crippen LogP contribution in [0, 0.1) is 22.2 Å². The summed E-state index contributed by atoms with van der Waals surface area (Å²) < 4.78 is 5.46. The summed E-state index contributed by atoms with van der Waals surface area (Å²) in [6.45, 7) is 10.6. The van der Waals surface area contributed by atoms with Crippen LogP contribution in [0.4, 0.5) is 0 Å². The highest BCUT2D eigenvalue weighted by Gasteiger charge is 2.40. The number of nitrogens with zero attached hydrogens (tertiary/aromatic N) is 1. The second-order valence-corrected chi connectivity index (χ2v) is 8.20. The van der Waals surface area contributed by atoms with Gasteiger partial charge in [-0.1, -0.05) is 51.1 Å². The quantitative estimate of drug-likeness (QED) is 0.593. The minimum absolute atomic E-state index is 0.146. The summed E-state index contributed by atoms with van der Waals surface area (Å²) in [6, 6.07) is 11.3. The molecule has 0 aliphatic carbocycles. The summed E-state index contributed by atoms with van der Waals surface area (Å²) in [5.41, 5.74) is -2.03. The van der Waals surface area contributed by atoms with Crippen LogP contribution in [0.5, 0.6) is 0 Å². The molecule has 4 heteroatoms. The molecule has 4 nitrogen and oxygen atoms in total. The van der Waals surface area contributed by atoms with Crippen LogP contribution in [-0.4, -0.2) is 17.4 Å². The summed E-state index contributed by atoms with van der Waals surface area (Å²) in [7, 11) is 0. The molecule has 0 amide bonds. The minimum atomic E-state index is -1.55. The van der Waals surface area contributed by atoms with E-state index in [0.717, 1.165) is 5.56 Å². The van der Waals surface area contributed by atoms with Crippen molar-refractivity contribution in [2.24, 2.45) is 10.8 Å². The molecule has 0 bridgehead atoms. The van der Waals surface area contributed by atoms with Crippen molar-refractivity contribution < 1.29 is 14.3 Å². The van der Waals surface area contributed by atoms with Gasteiger partial charge in [-0.2, -0.15) is 5.26 Å². The number of nitriles is 1. The van der Waals surface area contributed by atoms with Gasteiger partial charge in [0.05, 0.1) is 6.07 Å². The van der Waals surface area contributed by atoms with Gasteiger partial charge in [-0.3, -0.25) is 4.79 Å². The molecule has 0 spiro atoms. The minimum Gasteiger partial charge on any atom is -0.459 e. The maximum Gasteiger partial charge on any atom is 0.331 e.